The van der Waals surface area contributed by atoms with Gasteiger partial charge in [0.15, 0.2) is 0 Å². The molecule has 0 aliphatic carbocycles. The Morgan fingerprint density at radius 1 is 1.15 bits per heavy atom. The first-order valence-corrected chi connectivity index (χ1v) is 12.7. The lowest BCUT2D eigenvalue weighted by Gasteiger charge is -2.19. The van der Waals surface area contributed by atoms with E-state index in [0.29, 0.717) is 31.8 Å². The fourth-order valence-corrected chi connectivity index (χ4v) is 6.51. The summed E-state index contributed by atoms with van der Waals surface area (Å²) < 4.78 is 20.1. The molecule has 0 aliphatic heterocycles. The molecular weight excluding hydrogens is 492 g/mol. The van der Waals surface area contributed by atoms with Crippen LogP contribution < -0.4 is 15.9 Å². The summed E-state index contributed by atoms with van der Waals surface area (Å²) in [4.78, 5) is 16.4. The standard InChI is InChI=1S/C25H20Cl2N3O3P/c1-15-9-16(13-28)11-19(10-15)34(32,33-2)24-20-12-18(26)7-8-22(20)30-23(24)25(31)29-14-17-5-3-4-6-21(17)27/h3-12,30H,14H2,1-2H3,(H,29,31). The molecule has 1 amide bonds. The molecule has 172 valence electrons. The summed E-state index contributed by atoms with van der Waals surface area (Å²) in [7, 11) is -2.49. The number of carbonyl (C=O) groups excluding carboxylic acids is 1. The Morgan fingerprint density at radius 3 is 2.62 bits per heavy atom. The maximum absolute atomic E-state index is 14.4. The molecule has 0 bridgehead atoms. The van der Waals surface area contributed by atoms with Crippen LogP contribution in [-0.4, -0.2) is 18.0 Å². The minimum Gasteiger partial charge on any atom is -0.350 e. The van der Waals surface area contributed by atoms with Crippen LogP contribution in [0, 0.1) is 18.3 Å². The number of halogens is 2. The second kappa shape index (κ2) is 9.66. The van der Waals surface area contributed by atoms with Gasteiger partial charge in [-0.05, 0) is 60.5 Å². The summed E-state index contributed by atoms with van der Waals surface area (Å²) in [5.74, 6) is -0.479. The minimum absolute atomic E-state index is 0.0921. The molecule has 1 aromatic heterocycles. The topological polar surface area (TPSA) is 95.0 Å². The number of benzene rings is 3. The summed E-state index contributed by atoms with van der Waals surface area (Å²) in [5.41, 5.74) is 2.50. The van der Waals surface area contributed by atoms with Gasteiger partial charge in [-0.25, -0.2) is 0 Å². The second-order valence-electron chi connectivity index (χ2n) is 7.72. The van der Waals surface area contributed by atoms with Gasteiger partial charge in [-0.3, -0.25) is 9.36 Å². The Hall–Kier alpha value is -3.07. The lowest BCUT2D eigenvalue weighted by atomic mass is 10.2. The number of fused-ring (bicyclic) bond motifs is 1. The zero-order valence-corrected chi connectivity index (χ0v) is 20.8. The van der Waals surface area contributed by atoms with Crippen molar-refractivity contribution in [3.05, 3.63) is 93.1 Å². The average Bonchev–Trinajstić information content (AvgIpc) is 3.21. The molecule has 3 aromatic carbocycles. The summed E-state index contributed by atoms with van der Waals surface area (Å²) >= 11 is 12.5. The lowest BCUT2D eigenvalue weighted by Crippen LogP contribution is -2.30. The van der Waals surface area contributed by atoms with Crippen LogP contribution in [-0.2, 0) is 15.6 Å². The van der Waals surface area contributed by atoms with E-state index in [4.69, 9.17) is 27.7 Å². The molecule has 0 aliphatic rings. The van der Waals surface area contributed by atoms with Crippen LogP contribution in [0.3, 0.4) is 0 Å². The van der Waals surface area contributed by atoms with E-state index >= 15 is 0 Å². The first kappa shape index (κ1) is 24.1. The molecule has 4 aromatic rings. The average molecular weight is 512 g/mol. The number of nitrogens with one attached hydrogen (secondary N) is 2. The normalized spacial score (nSPS) is 12.8. The van der Waals surface area contributed by atoms with Gasteiger partial charge in [0.2, 0.25) is 0 Å². The lowest BCUT2D eigenvalue weighted by molar-refractivity contribution is 0.0947. The Morgan fingerprint density at radius 2 is 1.91 bits per heavy atom. The summed E-state index contributed by atoms with van der Waals surface area (Å²) in [6.45, 7) is 1.97. The van der Waals surface area contributed by atoms with Crippen LogP contribution in [0.4, 0.5) is 0 Å². The molecule has 0 radical (unpaired) electrons. The van der Waals surface area contributed by atoms with Crippen molar-refractivity contribution in [1.29, 1.82) is 5.26 Å². The predicted octanol–water partition coefficient (Wildman–Crippen LogP) is 5.46. The van der Waals surface area contributed by atoms with Crippen molar-refractivity contribution in [2.45, 2.75) is 13.5 Å². The summed E-state index contributed by atoms with van der Waals surface area (Å²) in [5, 5.41) is 14.2. The molecule has 6 nitrogen and oxygen atoms in total. The highest BCUT2D eigenvalue weighted by Crippen LogP contribution is 2.47. The van der Waals surface area contributed by atoms with E-state index in [2.05, 4.69) is 16.4 Å². The Bertz CT molecular complexity index is 1510. The zero-order chi connectivity index (χ0) is 24.5. The van der Waals surface area contributed by atoms with Gasteiger partial charge < -0.3 is 14.8 Å². The first-order chi connectivity index (χ1) is 16.3. The first-order valence-electron chi connectivity index (χ1n) is 10.3. The molecule has 0 saturated carbocycles. The third kappa shape index (κ3) is 4.49. The quantitative estimate of drug-likeness (QED) is 0.336. The van der Waals surface area contributed by atoms with Gasteiger partial charge in [0.1, 0.15) is 5.69 Å². The number of nitrogens with zero attached hydrogens (tertiary/aromatic N) is 1. The third-order valence-electron chi connectivity index (χ3n) is 5.44. The summed E-state index contributed by atoms with van der Waals surface area (Å²) in [6, 6.07) is 19.2. The van der Waals surface area contributed by atoms with Crippen LogP contribution in [0.1, 0.15) is 27.2 Å². The van der Waals surface area contributed by atoms with Crippen LogP contribution in [0.2, 0.25) is 10.0 Å². The van der Waals surface area contributed by atoms with E-state index in [-0.39, 0.29) is 17.5 Å². The van der Waals surface area contributed by atoms with Crippen molar-refractivity contribution in [2.24, 2.45) is 0 Å². The summed E-state index contributed by atoms with van der Waals surface area (Å²) in [6.07, 6.45) is 0. The number of rotatable bonds is 6. The maximum Gasteiger partial charge on any atom is 0.268 e. The molecule has 9 heteroatoms. The highest BCUT2D eigenvalue weighted by atomic mass is 35.5. The van der Waals surface area contributed by atoms with E-state index < -0.39 is 13.3 Å². The fourth-order valence-electron chi connectivity index (χ4n) is 3.85. The van der Waals surface area contributed by atoms with Crippen molar-refractivity contribution < 1.29 is 13.9 Å². The van der Waals surface area contributed by atoms with Crippen molar-refractivity contribution in [3.8, 4) is 6.07 Å². The smallest absolute Gasteiger partial charge is 0.268 e. The number of aromatic nitrogens is 1. The van der Waals surface area contributed by atoms with Crippen LogP contribution in [0.15, 0.2) is 60.7 Å². The van der Waals surface area contributed by atoms with Gasteiger partial charge in [0.05, 0.1) is 16.9 Å². The van der Waals surface area contributed by atoms with Crippen molar-refractivity contribution >= 4 is 58.0 Å². The van der Waals surface area contributed by atoms with E-state index in [1.807, 2.05) is 12.1 Å². The number of nitriles is 1. The molecular formula is C25H20Cl2N3O3P. The van der Waals surface area contributed by atoms with E-state index in [1.165, 1.54) is 13.2 Å². The molecule has 0 spiro atoms. The number of H-pyrrole nitrogens is 1. The number of hydrogen-bond donors (Lipinski definition) is 2. The number of aryl methyl sites for hydroxylation is 1. The van der Waals surface area contributed by atoms with Gasteiger partial charge in [-0.15, -0.1) is 0 Å². The number of carbonyl (C=O) groups is 1. The van der Waals surface area contributed by atoms with E-state index in [1.54, 1.807) is 49.4 Å². The highest BCUT2D eigenvalue weighted by molar-refractivity contribution is 7.75. The molecule has 1 atom stereocenters. The van der Waals surface area contributed by atoms with Gasteiger partial charge in [0.25, 0.3) is 13.3 Å². The molecule has 1 heterocycles. The third-order valence-corrected chi connectivity index (χ3v) is 8.55. The molecule has 0 fully saturated rings. The number of aromatic amines is 1. The van der Waals surface area contributed by atoms with Gasteiger partial charge >= 0.3 is 0 Å². The SMILES string of the molecule is COP(=O)(c1cc(C)cc(C#N)c1)c1c(C(=O)NCc2ccccc2Cl)[nH]c2ccc(Cl)cc12. The molecule has 1 unspecified atom stereocenters. The highest BCUT2D eigenvalue weighted by Gasteiger charge is 2.36. The Kier molecular flexibility index (Phi) is 6.84. The van der Waals surface area contributed by atoms with Crippen LogP contribution >= 0.6 is 30.6 Å². The van der Waals surface area contributed by atoms with E-state index in [0.717, 1.165) is 11.1 Å². The molecule has 4 rings (SSSR count). The Balaban J connectivity index is 1.88. The maximum atomic E-state index is 14.4. The number of amides is 1. The molecule has 0 saturated heterocycles. The predicted molar refractivity (Wildman–Crippen MR) is 136 cm³/mol. The largest absolute Gasteiger partial charge is 0.350 e. The monoisotopic (exact) mass is 511 g/mol. The Labute approximate surface area is 206 Å². The van der Waals surface area contributed by atoms with Gasteiger partial charge in [-0.1, -0.05) is 41.4 Å². The van der Waals surface area contributed by atoms with Crippen molar-refractivity contribution in [2.75, 3.05) is 7.11 Å². The van der Waals surface area contributed by atoms with Gasteiger partial charge in [0, 0.05) is 39.9 Å². The minimum atomic E-state index is -3.81. The molecule has 2 N–H and O–H groups in total. The molecule has 34 heavy (non-hydrogen) atoms. The fraction of sp³-hybridized carbons (Fsp3) is 0.120. The zero-order valence-electron chi connectivity index (χ0n) is 18.4. The van der Waals surface area contributed by atoms with Gasteiger partial charge in [-0.2, -0.15) is 5.26 Å². The second-order valence-corrected chi connectivity index (χ2v) is 11.0. The van der Waals surface area contributed by atoms with Crippen molar-refractivity contribution in [3.63, 3.8) is 0 Å². The van der Waals surface area contributed by atoms with Crippen LogP contribution in [0.25, 0.3) is 10.9 Å². The van der Waals surface area contributed by atoms with Crippen molar-refractivity contribution in [1.82, 2.24) is 10.3 Å². The van der Waals surface area contributed by atoms with E-state index in [9.17, 15) is 14.6 Å². The van der Waals surface area contributed by atoms with Crippen LogP contribution in [0.5, 0.6) is 0 Å². The number of hydrogen-bond acceptors (Lipinski definition) is 4.